The monoisotopic (exact) mass is 1200 g/mol. The summed E-state index contributed by atoms with van der Waals surface area (Å²) in [5.74, 6) is -5.50. The highest BCUT2D eigenvalue weighted by atomic mass is 35.5. The summed E-state index contributed by atoms with van der Waals surface area (Å²) in [6.07, 6.45) is -1.27. The van der Waals surface area contributed by atoms with Crippen LogP contribution in [0.25, 0.3) is 44.6 Å². The number of aromatic nitrogens is 6. The van der Waals surface area contributed by atoms with E-state index in [-0.39, 0.29) is 104 Å². The van der Waals surface area contributed by atoms with E-state index in [1.165, 1.54) is 87.0 Å². The Kier molecular flexibility index (Phi) is 17.7. The first-order valence-corrected chi connectivity index (χ1v) is 27.4. The van der Waals surface area contributed by atoms with E-state index in [0.717, 1.165) is 36.4 Å². The van der Waals surface area contributed by atoms with E-state index in [1.54, 1.807) is 33.4 Å². The Labute approximate surface area is 493 Å². The zero-order valence-electron chi connectivity index (χ0n) is 46.4. The molecule has 0 aliphatic heterocycles. The molecule has 0 unspecified atom stereocenters. The van der Waals surface area contributed by atoms with Crippen molar-refractivity contribution < 1.29 is 59.6 Å². The molecule has 21 heteroatoms. The summed E-state index contributed by atoms with van der Waals surface area (Å²) in [5.41, 5.74) is 1.80. The van der Waals surface area contributed by atoms with E-state index in [0.29, 0.717) is 33.7 Å². The second-order valence-electron chi connectivity index (χ2n) is 20.2. The number of benzene rings is 6. The summed E-state index contributed by atoms with van der Waals surface area (Å²) in [6, 6.07) is 29.5. The summed E-state index contributed by atoms with van der Waals surface area (Å²) in [5, 5.41) is 0.444. The van der Waals surface area contributed by atoms with Gasteiger partial charge in [-0.05, 0) is 136 Å². The lowest BCUT2D eigenvalue weighted by Gasteiger charge is -2.23. The second-order valence-corrected chi connectivity index (χ2v) is 21.1. The maximum atomic E-state index is 16.2. The summed E-state index contributed by atoms with van der Waals surface area (Å²) in [6.45, 7) is 6.93. The molecule has 0 fully saturated rings. The van der Waals surface area contributed by atoms with E-state index < -0.39 is 71.1 Å². The van der Waals surface area contributed by atoms with Crippen LogP contribution in [0.2, 0.25) is 10.0 Å². The van der Waals surface area contributed by atoms with Gasteiger partial charge in [0.1, 0.15) is 59.8 Å². The normalized spacial score (nSPS) is 13.0. The third-order valence-electron chi connectivity index (χ3n) is 14.8. The number of nitrogens with zero attached hydrogens (tertiary/aromatic N) is 6. The third kappa shape index (κ3) is 12.9. The molecule has 6 aromatic carbocycles. The predicted molar refractivity (Wildman–Crippen MR) is 308 cm³/mol. The first-order chi connectivity index (χ1) is 40.8. The van der Waals surface area contributed by atoms with Gasteiger partial charge in [-0.1, -0.05) is 47.5 Å². The van der Waals surface area contributed by atoms with Crippen LogP contribution < -0.4 is 9.47 Å². The molecule has 10 aromatic rings. The number of ether oxygens (including phenoxy) is 5. The van der Waals surface area contributed by atoms with Gasteiger partial charge in [0.25, 0.3) is 0 Å². The molecule has 0 N–H and O–H groups in total. The molecule has 85 heavy (non-hydrogen) atoms. The molecule has 13 nitrogen and oxygen atoms in total. The van der Waals surface area contributed by atoms with E-state index in [2.05, 4.69) is 9.97 Å². The number of hydrogen-bond donors (Lipinski definition) is 0. The van der Waals surface area contributed by atoms with Gasteiger partial charge in [-0.3, -0.25) is 0 Å². The first kappa shape index (κ1) is 59.5. The van der Waals surface area contributed by atoms with Crippen LogP contribution in [0.3, 0.4) is 0 Å². The average molecular weight is 1200 g/mol. The Morgan fingerprint density at radius 2 is 0.871 bits per heavy atom. The molecule has 436 valence electrons. The number of carbonyl (C=O) groups excluding carboxylic acids is 2. The van der Waals surface area contributed by atoms with Gasteiger partial charge < -0.3 is 32.8 Å². The molecule has 4 aromatic heterocycles. The van der Waals surface area contributed by atoms with Crippen molar-refractivity contribution in [1.29, 1.82) is 0 Å². The van der Waals surface area contributed by atoms with Crippen LogP contribution in [0.1, 0.15) is 94.4 Å². The van der Waals surface area contributed by atoms with Gasteiger partial charge >= 0.3 is 11.9 Å². The van der Waals surface area contributed by atoms with Crippen LogP contribution in [0.5, 0.6) is 11.8 Å². The van der Waals surface area contributed by atoms with Crippen molar-refractivity contribution in [3.8, 4) is 34.3 Å². The van der Waals surface area contributed by atoms with E-state index >= 15 is 17.6 Å². The number of halogens is 8. The Morgan fingerprint density at radius 1 is 0.471 bits per heavy atom. The summed E-state index contributed by atoms with van der Waals surface area (Å²) in [7, 11) is 3.04. The SMILES string of the molecule is CO[C@@H](C)[C@H](C)n1c(Cc2cc(F)c(-c3cccc(OCc4ccc(Cl)cc4F)n3)cc2F)nc2ccc(C(=O)OC(=O)c3ccc4nc(Cc5cc(F)c(-c6cccc(OCc7ccc(Cl)cc7F)n6)cc5F)n([C@@H](C)[C@H](C)OC)c4c3)cc21. The molecule has 0 aliphatic rings. The van der Waals surface area contributed by atoms with Crippen LogP contribution in [0.4, 0.5) is 26.3 Å². The second kappa shape index (κ2) is 25.3. The fourth-order valence-corrected chi connectivity index (χ4v) is 10.1. The van der Waals surface area contributed by atoms with Crippen molar-refractivity contribution in [1.82, 2.24) is 29.1 Å². The van der Waals surface area contributed by atoms with Gasteiger partial charge in [0.05, 0.1) is 68.9 Å². The van der Waals surface area contributed by atoms with Crippen molar-refractivity contribution >= 4 is 57.2 Å². The van der Waals surface area contributed by atoms with E-state index in [1.807, 2.05) is 27.7 Å². The zero-order chi connectivity index (χ0) is 60.4. The number of hydrogen-bond acceptors (Lipinski definition) is 11. The van der Waals surface area contributed by atoms with Crippen LogP contribution in [0, 0.1) is 34.9 Å². The topological polar surface area (TPSA) is 142 Å². The van der Waals surface area contributed by atoms with Crippen LogP contribution in [-0.4, -0.2) is 67.4 Å². The molecule has 10 rings (SSSR count). The minimum atomic E-state index is -1.00. The minimum Gasteiger partial charge on any atom is -0.473 e. The smallest absolute Gasteiger partial charge is 0.346 e. The Bertz CT molecular complexity index is 3940. The molecule has 0 aliphatic carbocycles. The molecular weight excluding hydrogens is 1150 g/mol. The lowest BCUT2D eigenvalue weighted by molar-refractivity contribution is 0.0397. The minimum absolute atomic E-state index is 0.0247. The largest absolute Gasteiger partial charge is 0.473 e. The van der Waals surface area contributed by atoms with Gasteiger partial charge in [0, 0.05) is 71.5 Å². The molecular formula is C64H52Cl2F6N6O7. The summed E-state index contributed by atoms with van der Waals surface area (Å²) in [4.78, 5) is 46.1. The number of rotatable bonds is 20. The number of pyridine rings is 2. The maximum Gasteiger partial charge on any atom is 0.346 e. The standard InChI is InChI=1S/C64H52Cl2F6N6O7/c1-33(35(3)81-5)77-57-23-37(15-19-55(57)73-59(77)25-41-21-51(71)45(29-49(41)69)53-9-7-11-61(75-53)83-31-39-13-17-43(65)27-47(39)67)63(79)85-64(80)38-16-20-56-58(24-38)78(34(2)36(4)82-6)60(74-56)26-42-22-52(72)46(30-50(42)70)54-10-8-12-62(76-54)84-32-40-14-18-44(66)28-48(40)68/h7-24,27-30,33-36H,25-26,31-32H2,1-6H3/t33-,34-,35-,36-/m0/s1. The van der Waals surface area contributed by atoms with Crippen molar-refractivity contribution in [3.05, 3.63) is 223 Å². The number of imidazole rings is 2. The van der Waals surface area contributed by atoms with Gasteiger partial charge in [-0.15, -0.1) is 0 Å². The fourth-order valence-electron chi connectivity index (χ4n) is 9.77. The molecule has 0 saturated carbocycles. The summed E-state index contributed by atoms with van der Waals surface area (Å²) >= 11 is 11.7. The van der Waals surface area contributed by atoms with E-state index in [9.17, 15) is 18.4 Å². The molecule has 0 amide bonds. The highest BCUT2D eigenvalue weighted by Gasteiger charge is 2.28. The molecule has 0 saturated heterocycles. The molecule has 4 atom stereocenters. The van der Waals surface area contributed by atoms with Crippen molar-refractivity contribution in [3.63, 3.8) is 0 Å². The molecule has 0 spiro atoms. The van der Waals surface area contributed by atoms with Gasteiger partial charge in [0.15, 0.2) is 0 Å². The van der Waals surface area contributed by atoms with Crippen LogP contribution in [0.15, 0.2) is 133 Å². The number of carbonyl (C=O) groups is 2. The number of fused-ring (bicyclic) bond motifs is 2. The van der Waals surface area contributed by atoms with Crippen molar-refractivity contribution in [2.45, 2.75) is 78.0 Å². The van der Waals surface area contributed by atoms with Crippen molar-refractivity contribution in [2.24, 2.45) is 0 Å². The highest BCUT2D eigenvalue weighted by Crippen LogP contribution is 2.34. The van der Waals surface area contributed by atoms with Gasteiger partial charge in [-0.25, -0.2) is 55.9 Å². The summed E-state index contributed by atoms with van der Waals surface area (Å²) < 4.78 is 125. The average Bonchev–Trinajstić information content (AvgIpc) is 4.20. The Balaban J connectivity index is 0.878. The highest BCUT2D eigenvalue weighted by molar-refractivity contribution is 6.30. The lowest BCUT2D eigenvalue weighted by atomic mass is 10.0. The van der Waals surface area contributed by atoms with Crippen LogP contribution >= 0.6 is 23.2 Å². The zero-order valence-corrected chi connectivity index (χ0v) is 47.9. The van der Waals surface area contributed by atoms with Gasteiger partial charge in [0.2, 0.25) is 11.8 Å². The number of esters is 2. The predicted octanol–water partition coefficient (Wildman–Crippen LogP) is 15.2. The third-order valence-corrected chi connectivity index (χ3v) is 15.3. The first-order valence-electron chi connectivity index (χ1n) is 26.6. The van der Waals surface area contributed by atoms with Crippen molar-refractivity contribution in [2.75, 3.05) is 14.2 Å². The lowest BCUT2D eigenvalue weighted by Crippen LogP contribution is -2.23. The van der Waals surface area contributed by atoms with Crippen LogP contribution in [-0.2, 0) is 40.3 Å². The molecule has 4 heterocycles. The maximum absolute atomic E-state index is 16.2. The Hall–Kier alpha value is -8.62. The Morgan fingerprint density at radius 3 is 1.26 bits per heavy atom. The fraction of sp³-hybridized carbons (Fsp3) is 0.219. The quantitative estimate of drug-likeness (QED) is 0.0409. The number of methoxy groups -OCH3 is 2. The molecule has 0 bridgehead atoms. The van der Waals surface area contributed by atoms with E-state index in [4.69, 9.17) is 56.9 Å². The van der Waals surface area contributed by atoms with Gasteiger partial charge in [-0.2, -0.15) is 0 Å². The molecule has 0 radical (unpaired) electrons.